The fourth-order valence-corrected chi connectivity index (χ4v) is 4.26. The minimum atomic E-state index is -0.0348. The molecule has 4 heteroatoms. The lowest BCUT2D eigenvalue weighted by molar-refractivity contribution is -0.919. The van der Waals surface area contributed by atoms with Gasteiger partial charge in [0.05, 0.1) is 13.1 Å². The van der Waals surface area contributed by atoms with Gasteiger partial charge >= 0.3 is 0 Å². The van der Waals surface area contributed by atoms with Gasteiger partial charge in [-0.25, -0.2) is 0 Å². The number of hydrogen-bond acceptors (Lipinski definition) is 2. The minimum Gasteiger partial charge on any atom is -0.348 e. The highest BCUT2D eigenvalue weighted by atomic mass is 16.1. The number of nitrogens with zero attached hydrogens (tertiary/aromatic N) is 1. The van der Waals surface area contributed by atoms with Crippen LogP contribution in [0.4, 0.5) is 0 Å². The summed E-state index contributed by atoms with van der Waals surface area (Å²) in [6.07, 6.45) is 7.27. The predicted molar refractivity (Wildman–Crippen MR) is 119 cm³/mol. The summed E-state index contributed by atoms with van der Waals surface area (Å²) in [5.41, 5.74) is 4.53. The summed E-state index contributed by atoms with van der Waals surface area (Å²) in [5.74, 6) is 0.773. The summed E-state index contributed by atoms with van der Waals surface area (Å²) in [6.45, 7) is 4.01. The lowest BCUT2D eigenvalue weighted by atomic mass is 9.90. The monoisotopic (exact) mass is 400 g/mol. The topological polar surface area (TPSA) is 46.4 Å². The lowest BCUT2D eigenvalue weighted by Crippen LogP contribution is -3.11. The van der Waals surface area contributed by atoms with Gasteiger partial charge in [-0.1, -0.05) is 42.5 Å². The molecule has 0 spiro atoms. The van der Waals surface area contributed by atoms with Crippen molar-refractivity contribution in [1.82, 2.24) is 10.3 Å². The van der Waals surface area contributed by atoms with E-state index in [9.17, 15) is 4.79 Å². The molecule has 1 aromatic heterocycles. The second kappa shape index (κ2) is 10.2. The highest BCUT2D eigenvalue weighted by molar-refractivity contribution is 5.94. The number of rotatable bonds is 7. The Morgan fingerprint density at radius 3 is 2.27 bits per heavy atom. The SMILES string of the molecule is O=C(NCc1ccncc1)c1ccc(C[NH+]2CCC(Cc3ccccc3)CC2)cc1. The van der Waals surface area contributed by atoms with Gasteiger partial charge in [-0.3, -0.25) is 9.78 Å². The molecule has 2 N–H and O–H groups in total. The van der Waals surface area contributed by atoms with E-state index in [1.165, 1.54) is 43.5 Å². The number of piperidine rings is 1. The number of quaternary nitrogens is 1. The summed E-state index contributed by atoms with van der Waals surface area (Å²) in [6, 6.07) is 22.8. The molecule has 0 atom stereocenters. The summed E-state index contributed by atoms with van der Waals surface area (Å²) >= 11 is 0. The second-order valence-electron chi connectivity index (χ2n) is 8.29. The first kappa shape index (κ1) is 20.3. The highest BCUT2D eigenvalue weighted by Gasteiger charge is 2.22. The van der Waals surface area contributed by atoms with Gasteiger partial charge < -0.3 is 10.2 Å². The normalized spacial score (nSPS) is 18.7. The van der Waals surface area contributed by atoms with Crippen LogP contribution in [0.25, 0.3) is 0 Å². The van der Waals surface area contributed by atoms with E-state index >= 15 is 0 Å². The molecule has 1 saturated heterocycles. The molecule has 1 fully saturated rings. The summed E-state index contributed by atoms with van der Waals surface area (Å²) < 4.78 is 0. The van der Waals surface area contributed by atoms with Gasteiger partial charge in [0.1, 0.15) is 6.54 Å². The van der Waals surface area contributed by atoms with Crippen molar-refractivity contribution in [1.29, 1.82) is 0 Å². The van der Waals surface area contributed by atoms with Gasteiger partial charge in [-0.2, -0.15) is 0 Å². The van der Waals surface area contributed by atoms with Crippen LogP contribution in [-0.4, -0.2) is 24.0 Å². The van der Waals surface area contributed by atoms with Gasteiger partial charge in [-0.15, -0.1) is 0 Å². The predicted octanol–water partition coefficient (Wildman–Crippen LogP) is 3.05. The van der Waals surface area contributed by atoms with Crippen LogP contribution in [0.2, 0.25) is 0 Å². The molecule has 2 heterocycles. The molecule has 30 heavy (non-hydrogen) atoms. The van der Waals surface area contributed by atoms with Crippen LogP contribution in [-0.2, 0) is 19.5 Å². The van der Waals surface area contributed by atoms with Crippen LogP contribution in [0.1, 0.15) is 39.9 Å². The lowest BCUT2D eigenvalue weighted by Gasteiger charge is -2.29. The number of hydrogen-bond donors (Lipinski definition) is 2. The van der Waals surface area contributed by atoms with Gasteiger partial charge in [-0.05, 0) is 60.6 Å². The molecule has 0 saturated carbocycles. The van der Waals surface area contributed by atoms with E-state index in [4.69, 9.17) is 0 Å². The summed E-state index contributed by atoms with van der Waals surface area (Å²) in [4.78, 5) is 18.0. The Bertz CT molecular complexity index is 918. The fraction of sp³-hybridized carbons (Fsp3) is 0.308. The van der Waals surface area contributed by atoms with Crippen LogP contribution in [0, 0.1) is 5.92 Å². The van der Waals surface area contributed by atoms with Crippen LogP contribution >= 0.6 is 0 Å². The number of aromatic nitrogens is 1. The Kier molecular flexibility index (Phi) is 6.88. The third kappa shape index (κ3) is 5.77. The molecular weight excluding hydrogens is 370 g/mol. The zero-order valence-corrected chi connectivity index (χ0v) is 17.4. The Morgan fingerprint density at radius 1 is 0.867 bits per heavy atom. The molecule has 0 aliphatic carbocycles. The minimum absolute atomic E-state index is 0.0348. The number of pyridine rings is 1. The van der Waals surface area contributed by atoms with Crippen molar-refractivity contribution in [2.24, 2.45) is 5.92 Å². The van der Waals surface area contributed by atoms with E-state index in [-0.39, 0.29) is 5.91 Å². The Labute approximate surface area is 179 Å². The molecule has 0 unspecified atom stereocenters. The molecule has 1 aliphatic heterocycles. The first-order chi connectivity index (χ1) is 14.8. The van der Waals surface area contributed by atoms with Crippen molar-refractivity contribution in [3.63, 3.8) is 0 Å². The largest absolute Gasteiger partial charge is 0.348 e. The van der Waals surface area contributed by atoms with E-state index in [2.05, 4.69) is 52.8 Å². The van der Waals surface area contributed by atoms with Crippen molar-refractivity contribution in [3.05, 3.63) is 101 Å². The maximum absolute atomic E-state index is 12.4. The van der Waals surface area contributed by atoms with Gasteiger partial charge in [0.25, 0.3) is 5.91 Å². The molecule has 4 rings (SSSR count). The molecule has 3 aromatic rings. The van der Waals surface area contributed by atoms with Crippen LogP contribution in [0.15, 0.2) is 79.1 Å². The molecule has 0 radical (unpaired) electrons. The zero-order chi connectivity index (χ0) is 20.6. The first-order valence-corrected chi connectivity index (χ1v) is 10.9. The maximum atomic E-state index is 12.4. The van der Waals surface area contributed by atoms with Crippen molar-refractivity contribution in [2.45, 2.75) is 32.4 Å². The van der Waals surface area contributed by atoms with E-state index in [1.807, 2.05) is 24.3 Å². The third-order valence-corrected chi connectivity index (χ3v) is 6.05. The fourth-order valence-electron chi connectivity index (χ4n) is 4.26. The highest BCUT2D eigenvalue weighted by Crippen LogP contribution is 2.16. The molecule has 0 bridgehead atoms. The molecule has 2 aromatic carbocycles. The zero-order valence-electron chi connectivity index (χ0n) is 17.4. The van der Waals surface area contributed by atoms with Gasteiger partial charge in [0, 0.05) is 30.1 Å². The van der Waals surface area contributed by atoms with E-state index in [0.717, 1.165) is 18.0 Å². The molecule has 154 valence electrons. The van der Waals surface area contributed by atoms with Crippen molar-refractivity contribution < 1.29 is 9.69 Å². The number of likely N-dealkylation sites (tertiary alicyclic amines) is 1. The first-order valence-electron chi connectivity index (χ1n) is 10.9. The third-order valence-electron chi connectivity index (χ3n) is 6.05. The van der Waals surface area contributed by atoms with Gasteiger partial charge in [0.15, 0.2) is 0 Å². The maximum Gasteiger partial charge on any atom is 0.251 e. The van der Waals surface area contributed by atoms with E-state index < -0.39 is 0 Å². The standard InChI is InChI=1S/C26H29N3O/c30-26(28-19-23-10-14-27-15-11-23)25-8-6-24(7-9-25)20-29-16-12-22(13-17-29)18-21-4-2-1-3-5-21/h1-11,14-15,22H,12-13,16-20H2,(H,28,30)/p+1. The van der Waals surface area contributed by atoms with Gasteiger partial charge in [0.2, 0.25) is 0 Å². The average molecular weight is 401 g/mol. The van der Waals surface area contributed by atoms with Crippen LogP contribution in [0.3, 0.4) is 0 Å². The van der Waals surface area contributed by atoms with Crippen molar-refractivity contribution >= 4 is 5.91 Å². The number of amides is 1. The Hall–Kier alpha value is -2.98. The Balaban J connectivity index is 1.22. The van der Waals surface area contributed by atoms with Crippen LogP contribution in [0.5, 0.6) is 0 Å². The number of nitrogens with one attached hydrogen (secondary N) is 2. The van der Waals surface area contributed by atoms with Crippen molar-refractivity contribution in [2.75, 3.05) is 13.1 Å². The second-order valence-corrected chi connectivity index (χ2v) is 8.29. The van der Waals surface area contributed by atoms with E-state index in [0.29, 0.717) is 12.1 Å². The molecule has 4 nitrogen and oxygen atoms in total. The molecular formula is C26H30N3O+. The Morgan fingerprint density at radius 2 is 1.57 bits per heavy atom. The number of carbonyl (C=O) groups is 1. The van der Waals surface area contributed by atoms with E-state index in [1.54, 1.807) is 17.3 Å². The smallest absolute Gasteiger partial charge is 0.251 e. The quantitative estimate of drug-likeness (QED) is 0.640. The molecule has 1 amide bonds. The molecule has 1 aliphatic rings. The van der Waals surface area contributed by atoms with Crippen molar-refractivity contribution in [3.8, 4) is 0 Å². The number of carbonyl (C=O) groups excluding carboxylic acids is 1. The number of benzene rings is 2. The summed E-state index contributed by atoms with van der Waals surface area (Å²) in [5, 5.41) is 2.97. The van der Waals surface area contributed by atoms with Crippen LogP contribution < -0.4 is 10.2 Å². The summed E-state index contributed by atoms with van der Waals surface area (Å²) in [7, 11) is 0. The average Bonchev–Trinajstić information content (AvgIpc) is 2.81.